The highest BCUT2D eigenvalue weighted by molar-refractivity contribution is 7.26. The second-order valence-electron chi connectivity index (χ2n) is 13.3. The molecule has 3 aromatic heterocycles. The first kappa shape index (κ1) is 29.1. The molecule has 0 saturated heterocycles. The molecule has 0 N–H and O–H groups in total. The second kappa shape index (κ2) is 11.5. The Balaban J connectivity index is 1.26. The fourth-order valence-corrected chi connectivity index (χ4v) is 9.20. The highest BCUT2D eigenvalue weighted by Crippen LogP contribution is 2.49. The van der Waals surface area contributed by atoms with E-state index in [2.05, 4.69) is 191 Å². The number of nitrogens with zero attached hydrogens (tertiary/aromatic N) is 2. The lowest BCUT2D eigenvalue weighted by atomic mass is 10.0. The molecule has 3 heterocycles. The molecule has 0 saturated carbocycles. The highest BCUT2D eigenvalue weighted by Gasteiger charge is 2.25. The molecule has 11 rings (SSSR count). The van der Waals surface area contributed by atoms with Crippen molar-refractivity contribution >= 4 is 92.3 Å². The van der Waals surface area contributed by atoms with E-state index < -0.39 is 0 Å². The topological polar surface area (TPSA) is 21.3 Å². The third kappa shape index (κ3) is 4.38. The molecule has 0 unspecified atom stereocenters. The first-order chi connectivity index (χ1) is 25.8. The Morgan fingerprint density at radius 1 is 0.442 bits per heavy atom. The van der Waals surface area contributed by atoms with Crippen LogP contribution in [0.15, 0.2) is 186 Å². The number of hydrogen-bond donors (Lipinski definition) is 0. The first-order valence-corrected chi connectivity index (χ1v) is 18.4. The van der Waals surface area contributed by atoms with Crippen LogP contribution in [0.5, 0.6) is 0 Å². The third-order valence-corrected chi connectivity index (χ3v) is 11.5. The van der Waals surface area contributed by atoms with Crippen molar-refractivity contribution in [2.45, 2.75) is 0 Å². The molecule has 244 valence electrons. The van der Waals surface area contributed by atoms with Gasteiger partial charge in [-0.15, -0.1) is 11.3 Å². The van der Waals surface area contributed by atoms with Crippen LogP contribution < -0.4 is 4.90 Å². The number of rotatable bonds is 5. The minimum atomic E-state index is 0.856. The van der Waals surface area contributed by atoms with Gasteiger partial charge in [-0.05, 0) is 71.8 Å². The summed E-state index contributed by atoms with van der Waals surface area (Å²) in [6.07, 6.45) is 0. The average molecular weight is 683 g/mol. The van der Waals surface area contributed by atoms with E-state index in [1.807, 2.05) is 11.3 Å². The van der Waals surface area contributed by atoms with Gasteiger partial charge in [-0.25, -0.2) is 0 Å². The molecular formula is C48H30N2OS. The zero-order chi connectivity index (χ0) is 34.2. The molecule has 0 radical (unpaired) electrons. The summed E-state index contributed by atoms with van der Waals surface area (Å²) in [5, 5.41) is 7.14. The van der Waals surface area contributed by atoms with E-state index >= 15 is 0 Å². The number of para-hydroxylation sites is 3. The van der Waals surface area contributed by atoms with Crippen molar-refractivity contribution in [1.82, 2.24) is 4.57 Å². The smallest absolute Gasteiger partial charge is 0.159 e. The van der Waals surface area contributed by atoms with Gasteiger partial charge in [0, 0.05) is 53.1 Å². The van der Waals surface area contributed by atoms with E-state index in [9.17, 15) is 0 Å². The molecule has 8 aromatic carbocycles. The lowest BCUT2D eigenvalue weighted by molar-refractivity contribution is 0.669. The molecule has 0 spiro atoms. The molecular weight excluding hydrogens is 653 g/mol. The molecule has 0 amide bonds. The molecule has 0 bridgehead atoms. The van der Waals surface area contributed by atoms with Gasteiger partial charge < -0.3 is 13.9 Å². The van der Waals surface area contributed by atoms with Crippen molar-refractivity contribution in [1.29, 1.82) is 0 Å². The van der Waals surface area contributed by atoms with E-state index in [0.29, 0.717) is 0 Å². The first-order valence-electron chi connectivity index (χ1n) is 17.6. The van der Waals surface area contributed by atoms with Gasteiger partial charge in [0.05, 0.1) is 22.4 Å². The zero-order valence-corrected chi connectivity index (χ0v) is 28.8. The predicted octanol–water partition coefficient (Wildman–Crippen LogP) is 14.2. The Labute approximate surface area is 303 Å². The molecule has 0 aliphatic carbocycles. The van der Waals surface area contributed by atoms with Crippen molar-refractivity contribution < 1.29 is 4.42 Å². The van der Waals surface area contributed by atoms with Gasteiger partial charge in [0.1, 0.15) is 5.58 Å². The summed E-state index contributed by atoms with van der Waals surface area (Å²) >= 11 is 1.84. The van der Waals surface area contributed by atoms with Crippen molar-refractivity contribution in [2.24, 2.45) is 0 Å². The number of furan rings is 1. The lowest BCUT2D eigenvalue weighted by Gasteiger charge is -2.27. The van der Waals surface area contributed by atoms with E-state index in [-0.39, 0.29) is 0 Å². The molecule has 4 heteroatoms. The third-order valence-electron chi connectivity index (χ3n) is 10.4. The van der Waals surface area contributed by atoms with Gasteiger partial charge in [0.15, 0.2) is 5.58 Å². The Hall–Kier alpha value is -6.62. The van der Waals surface area contributed by atoms with Crippen LogP contribution in [0.3, 0.4) is 0 Å². The summed E-state index contributed by atoms with van der Waals surface area (Å²) in [7, 11) is 0. The van der Waals surface area contributed by atoms with Crippen LogP contribution in [0.25, 0.3) is 80.7 Å². The number of anilines is 3. The van der Waals surface area contributed by atoms with Crippen LogP contribution in [0, 0.1) is 0 Å². The maximum Gasteiger partial charge on any atom is 0.159 e. The van der Waals surface area contributed by atoms with Crippen LogP contribution in [-0.2, 0) is 0 Å². The van der Waals surface area contributed by atoms with Crippen molar-refractivity contribution in [3.8, 4) is 16.8 Å². The Kier molecular flexibility index (Phi) is 6.42. The minimum absolute atomic E-state index is 0.856. The predicted molar refractivity (Wildman–Crippen MR) is 221 cm³/mol. The van der Waals surface area contributed by atoms with E-state index in [4.69, 9.17) is 4.42 Å². The summed E-state index contributed by atoms with van der Waals surface area (Å²) in [5.41, 5.74) is 10.7. The van der Waals surface area contributed by atoms with Crippen LogP contribution in [0.2, 0.25) is 0 Å². The van der Waals surface area contributed by atoms with Crippen molar-refractivity contribution in [2.75, 3.05) is 4.90 Å². The van der Waals surface area contributed by atoms with Crippen LogP contribution in [0.4, 0.5) is 17.1 Å². The number of fused-ring (bicyclic) bond motifs is 9. The Bertz CT molecular complexity index is 3080. The maximum absolute atomic E-state index is 6.88. The second-order valence-corrected chi connectivity index (χ2v) is 14.4. The van der Waals surface area contributed by atoms with Gasteiger partial charge in [-0.2, -0.15) is 0 Å². The molecule has 0 aliphatic heterocycles. The Morgan fingerprint density at radius 3 is 1.83 bits per heavy atom. The van der Waals surface area contributed by atoms with Crippen LogP contribution >= 0.6 is 11.3 Å². The van der Waals surface area contributed by atoms with Crippen LogP contribution in [0.1, 0.15) is 0 Å². The summed E-state index contributed by atoms with van der Waals surface area (Å²) in [5.74, 6) is 0. The number of thiophene rings is 1. The maximum atomic E-state index is 6.88. The van der Waals surface area contributed by atoms with E-state index in [1.54, 1.807) is 0 Å². The molecule has 0 fully saturated rings. The average Bonchev–Trinajstić information content (AvgIpc) is 3.89. The Morgan fingerprint density at radius 2 is 1.06 bits per heavy atom. The summed E-state index contributed by atoms with van der Waals surface area (Å²) in [6.45, 7) is 0. The minimum Gasteiger partial charge on any atom is -0.454 e. The molecule has 0 atom stereocenters. The number of aromatic nitrogens is 1. The largest absolute Gasteiger partial charge is 0.454 e. The number of hydrogen-bond acceptors (Lipinski definition) is 3. The quantitative estimate of drug-likeness (QED) is 0.180. The van der Waals surface area contributed by atoms with Gasteiger partial charge in [0.25, 0.3) is 0 Å². The molecule has 52 heavy (non-hydrogen) atoms. The fourth-order valence-electron chi connectivity index (χ4n) is 8.07. The fraction of sp³-hybridized carbons (Fsp3) is 0. The molecule has 3 nitrogen and oxygen atoms in total. The van der Waals surface area contributed by atoms with E-state index in [1.165, 1.54) is 53.1 Å². The van der Waals surface area contributed by atoms with Gasteiger partial charge >= 0.3 is 0 Å². The van der Waals surface area contributed by atoms with E-state index in [0.717, 1.165) is 44.7 Å². The SMILES string of the molecule is c1ccc(-c2ccc(N(c3cc(-n4c5ccccc5c5ccccc54)cc4c3oc3ccccc34)c3cccc4sc5ccccc5c34)cc2)cc1. The monoisotopic (exact) mass is 682 g/mol. The molecule has 11 aromatic rings. The normalized spacial score (nSPS) is 11.8. The number of benzene rings is 8. The van der Waals surface area contributed by atoms with Gasteiger partial charge in [-0.3, -0.25) is 0 Å². The standard InChI is InChI=1S/C48H30N2OS/c1-2-13-31(14-3-1)32-25-27-33(28-26-32)49(42-21-12-24-46-47(42)38-18-7-11-23-45(38)52-46)43-30-34(29-39-37-17-6-10-22-44(37)51-48(39)43)50-40-19-8-4-15-35(40)36-16-5-9-20-41(36)50/h1-30H. The van der Waals surface area contributed by atoms with Crippen molar-refractivity contribution in [3.63, 3.8) is 0 Å². The summed E-state index contributed by atoms with van der Waals surface area (Å²) in [4.78, 5) is 2.42. The van der Waals surface area contributed by atoms with Crippen molar-refractivity contribution in [3.05, 3.63) is 182 Å². The lowest BCUT2D eigenvalue weighted by Crippen LogP contribution is -2.11. The zero-order valence-electron chi connectivity index (χ0n) is 28.0. The van der Waals surface area contributed by atoms with Crippen LogP contribution in [-0.4, -0.2) is 4.57 Å². The summed E-state index contributed by atoms with van der Waals surface area (Å²) < 4.78 is 11.8. The molecule has 0 aliphatic rings. The summed E-state index contributed by atoms with van der Waals surface area (Å²) in [6, 6.07) is 65.4. The van der Waals surface area contributed by atoms with Gasteiger partial charge in [0.2, 0.25) is 0 Å². The highest BCUT2D eigenvalue weighted by atomic mass is 32.1. The van der Waals surface area contributed by atoms with Gasteiger partial charge in [-0.1, -0.05) is 121 Å².